The van der Waals surface area contributed by atoms with Gasteiger partial charge in [0.15, 0.2) is 0 Å². The smallest absolute Gasteiger partial charge is 0.122 e. The Bertz CT molecular complexity index is 463. The Labute approximate surface area is 132 Å². The molecule has 1 N–H and O–H groups in total. The maximum atomic E-state index is 5.99. The Balaban J connectivity index is 1.75. The highest BCUT2D eigenvalue weighted by Gasteiger charge is 2.35. The first-order valence-corrected chi connectivity index (χ1v) is 9.32. The van der Waals surface area contributed by atoms with Crippen molar-refractivity contribution in [3.05, 3.63) is 15.6 Å². The molecule has 1 aromatic rings. The third-order valence-electron chi connectivity index (χ3n) is 4.16. The minimum atomic E-state index is 0.251. The molecule has 0 bridgehead atoms. The largest absolute Gasteiger partial charge is 0.371 e. The summed E-state index contributed by atoms with van der Waals surface area (Å²) >= 11 is 1.89. The molecule has 3 nitrogen and oxygen atoms in total. The van der Waals surface area contributed by atoms with Crippen molar-refractivity contribution in [3.63, 3.8) is 0 Å². The van der Waals surface area contributed by atoms with Crippen LogP contribution in [-0.4, -0.2) is 17.6 Å². The average Bonchev–Trinajstić information content (AvgIpc) is 3.32. The van der Waals surface area contributed by atoms with Crippen LogP contribution in [0.5, 0.6) is 0 Å². The standard InChI is InChI=1S/C17H28N2OS/c1-4-20-16(12-5-6-12)17-19-14(9-11(2)3)15(21-17)10-18-13-7-8-13/h11-13,16,18H,4-10H2,1-3H3. The van der Waals surface area contributed by atoms with E-state index in [1.54, 1.807) is 0 Å². The topological polar surface area (TPSA) is 34.1 Å². The zero-order valence-electron chi connectivity index (χ0n) is 13.5. The van der Waals surface area contributed by atoms with E-state index in [1.165, 1.54) is 41.3 Å². The van der Waals surface area contributed by atoms with Crippen molar-refractivity contribution in [1.29, 1.82) is 0 Å². The quantitative estimate of drug-likeness (QED) is 0.746. The summed E-state index contributed by atoms with van der Waals surface area (Å²) in [6.45, 7) is 8.42. The van der Waals surface area contributed by atoms with Crippen LogP contribution in [0.15, 0.2) is 0 Å². The van der Waals surface area contributed by atoms with Crippen molar-refractivity contribution < 1.29 is 4.74 Å². The maximum Gasteiger partial charge on any atom is 0.122 e. The van der Waals surface area contributed by atoms with Crippen molar-refractivity contribution in [2.45, 2.75) is 71.6 Å². The molecule has 118 valence electrons. The Morgan fingerprint density at radius 1 is 1.29 bits per heavy atom. The van der Waals surface area contributed by atoms with Gasteiger partial charge in [-0.15, -0.1) is 11.3 Å². The molecule has 1 heterocycles. The Hall–Kier alpha value is -0.450. The normalized spacial score (nSPS) is 20.2. The minimum absolute atomic E-state index is 0.251. The molecule has 0 aliphatic heterocycles. The lowest BCUT2D eigenvalue weighted by Gasteiger charge is -2.13. The maximum absolute atomic E-state index is 5.99. The molecule has 1 unspecified atom stereocenters. The summed E-state index contributed by atoms with van der Waals surface area (Å²) in [5.74, 6) is 1.37. The van der Waals surface area contributed by atoms with Crippen molar-refractivity contribution in [2.24, 2.45) is 11.8 Å². The van der Waals surface area contributed by atoms with Gasteiger partial charge in [0.05, 0.1) is 5.69 Å². The molecule has 3 rings (SSSR count). The fourth-order valence-corrected chi connectivity index (χ4v) is 3.91. The summed E-state index contributed by atoms with van der Waals surface area (Å²) in [6, 6.07) is 0.758. The van der Waals surface area contributed by atoms with Gasteiger partial charge in [-0.2, -0.15) is 0 Å². The summed E-state index contributed by atoms with van der Waals surface area (Å²) in [5.41, 5.74) is 1.31. The number of aromatic nitrogens is 1. The van der Waals surface area contributed by atoms with Gasteiger partial charge in [-0.1, -0.05) is 13.8 Å². The Kier molecular flexibility index (Phi) is 4.97. The first kappa shape index (κ1) is 15.4. The van der Waals surface area contributed by atoms with Crippen LogP contribution in [0.25, 0.3) is 0 Å². The summed E-state index contributed by atoms with van der Waals surface area (Å²) < 4.78 is 5.99. The Morgan fingerprint density at radius 3 is 2.62 bits per heavy atom. The highest BCUT2D eigenvalue weighted by Crippen LogP contribution is 2.45. The molecule has 0 amide bonds. The van der Waals surface area contributed by atoms with Crippen LogP contribution in [-0.2, 0) is 17.7 Å². The third kappa shape index (κ3) is 4.27. The van der Waals surface area contributed by atoms with Gasteiger partial charge in [0, 0.05) is 24.1 Å². The molecule has 0 aromatic carbocycles. The van der Waals surface area contributed by atoms with Gasteiger partial charge < -0.3 is 10.1 Å². The average molecular weight is 308 g/mol. The zero-order valence-corrected chi connectivity index (χ0v) is 14.3. The van der Waals surface area contributed by atoms with Gasteiger partial charge in [-0.25, -0.2) is 4.98 Å². The second-order valence-corrected chi connectivity index (χ2v) is 8.00. The fraction of sp³-hybridized carbons (Fsp3) is 0.824. The molecule has 0 spiro atoms. The van der Waals surface area contributed by atoms with Crippen LogP contribution in [0, 0.1) is 11.8 Å². The predicted molar refractivity (Wildman–Crippen MR) is 87.6 cm³/mol. The number of thiazole rings is 1. The number of ether oxygens (including phenoxy) is 1. The fourth-order valence-electron chi connectivity index (χ4n) is 2.72. The number of hydrogen-bond donors (Lipinski definition) is 1. The van der Waals surface area contributed by atoms with E-state index in [0.29, 0.717) is 11.8 Å². The molecule has 1 aromatic heterocycles. The van der Waals surface area contributed by atoms with Crippen LogP contribution in [0.3, 0.4) is 0 Å². The van der Waals surface area contributed by atoms with Crippen molar-refractivity contribution >= 4 is 11.3 Å². The van der Waals surface area contributed by atoms with E-state index < -0.39 is 0 Å². The molecular weight excluding hydrogens is 280 g/mol. The van der Waals surface area contributed by atoms with Gasteiger partial charge >= 0.3 is 0 Å². The monoisotopic (exact) mass is 308 g/mol. The summed E-state index contributed by atoms with van der Waals surface area (Å²) in [6.07, 6.45) is 6.63. The van der Waals surface area contributed by atoms with E-state index in [9.17, 15) is 0 Å². The molecule has 0 radical (unpaired) electrons. The van der Waals surface area contributed by atoms with Crippen LogP contribution in [0.4, 0.5) is 0 Å². The number of hydrogen-bond acceptors (Lipinski definition) is 4. The first-order valence-electron chi connectivity index (χ1n) is 8.50. The number of nitrogens with one attached hydrogen (secondary N) is 1. The lowest BCUT2D eigenvalue weighted by molar-refractivity contribution is 0.0461. The first-order chi connectivity index (χ1) is 10.2. The van der Waals surface area contributed by atoms with E-state index in [4.69, 9.17) is 9.72 Å². The van der Waals surface area contributed by atoms with E-state index in [1.807, 2.05) is 11.3 Å². The molecule has 21 heavy (non-hydrogen) atoms. The molecule has 1 atom stereocenters. The number of nitrogens with zero attached hydrogens (tertiary/aromatic N) is 1. The van der Waals surface area contributed by atoms with Gasteiger partial charge in [0.1, 0.15) is 11.1 Å². The second kappa shape index (κ2) is 6.76. The van der Waals surface area contributed by atoms with Crippen molar-refractivity contribution in [2.75, 3.05) is 6.61 Å². The highest BCUT2D eigenvalue weighted by atomic mass is 32.1. The van der Waals surface area contributed by atoms with Crippen LogP contribution >= 0.6 is 11.3 Å². The van der Waals surface area contributed by atoms with E-state index >= 15 is 0 Å². The van der Waals surface area contributed by atoms with Crippen LogP contribution in [0.1, 0.15) is 68.1 Å². The lowest BCUT2D eigenvalue weighted by atomic mass is 10.1. The molecule has 2 saturated carbocycles. The van der Waals surface area contributed by atoms with Crippen LogP contribution in [0.2, 0.25) is 0 Å². The highest BCUT2D eigenvalue weighted by molar-refractivity contribution is 7.11. The van der Waals surface area contributed by atoms with Gasteiger partial charge in [-0.3, -0.25) is 0 Å². The van der Waals surface area contributed by atoms with Crippen LogP contribution < -0.4 is 5.32 Å². The predicted octanol–water partition coefficient (Wildman–Crippen LogP) is 4.08. The SMILES string of the molecule is CCOC(c1nc(CC(C)C)c(CNC2CC2)s1)C1CC1. The molecule has 2 fully saturated rings. The lowest BCUT2D eigenvalue weighted by Crippen LogP contribution is -2.15. The van der Waals surface area contributed by atoms with E-state index in [2.05, 4.69) is 26.1 Å². The van der Waals surface area contributed by atoms with Gasteiger partial charge in [0.2, 0.25) is 0 Å². The molecule has 0 saturated heterocycles. The summed E-state index contributed by atoms with van der Waals surface area (Å²) in [5, 5.41) is 4.87. The summed E-state index contributed by atoms with van der Waals surface area (Å²) in [7, 11) is 0. The van der Waals surface area contributed by atoms with E-state index in [-0.39, 0.29) is 6.10 Å². The summed E-state index contributed by atoms with van der Waals surface area (Å²) in [4.78, 5) is 6.42. The third-order valence-corrected chi connectivity index (χ3v) is 5.32. The second-order valence-electron chi connectivity index (χ2n) is 6.89. The van der Waals surface area contributed by atoms with E-state index in [0.717, 1.165) is 25.6 Å². The number of rotatable bonds is 9. The van der Waals surface area contributed by atoms with Gasteiger partial charge in [0.25, 0.3) is 0 Å². The molecule has 4 heteroatoms. The Morgan fingerprint density at radius 2 is 2.05 bits per heavy atom. The zero-order chi connectivity index (χ0) is 14.8. The van der Waals surface area contributed by atoms with Crippen molar-refractivity contribution in [3.8, 4) is 0 Å². The molecular formula is C17H28N2OS. The molecule has 2 aliphatic carbocycles. The van der Waals surface area contributed by atoms with Gasteiger partial charge in [-0.05, 0) is 50.9 Å². The minimum Gasteiger partial charge on any atom is -0.371 e. The molecule has 2 aliphatic rings. The van der Waals surface area contributed by atoms with Crippen molar-refractivity contribution in [1.82, 2.24) is 10.3 Å².